The van der Waals surface area contributed by atoms with Crippen molar-refractivity contribution in [3.8, 4) is 0 Å². The van der Waals surface area contributed by atoms with E-state index in [1.54, 1.807) is 5.32 Å². The highest BCUT2D eigenvalue weighted by Gasteiger charge is 2.30. The Morgan fingerprint density at radius 3 is 2.44 bits per heavy atom. The topological polar surface area (TPSA) is 86.1 Å². The second kappa shape index (κ2) is 4.17. The van der Waals surface area contributed by atoms with Gasteiger partial charge >= 0.3 is 12.3 Å². The summed E-state index contributed by atoms with van der Waals surface area (Å²) >= 11 is 0. The van der Waals surface area contributed by atoms with E-state index in [2.05, 4.69) is 4.98 Å². The first kappa shape index (κ1) is 12.0. The van der Waals surface area contributed by atoms with Crippen LogP contribution in [-0.4, -0.2) is 22.0 Å². The lowest BCUT2D eigenvalue weighted by molar-refractivity contribution is -0.137. The van der Waals surface area contributed by atoms with Crippen molar-refractivity contribution in [3.63, 3.8) is 0 Å². The summed E-state index contributed by atoms with van der Waals surface area (Å²) in [6.45, 7) is 0. The smallest absolute Gasteiger partial charge is 0.417 e. The third-order valence-corrected chi connectivity index (χ3v) is 1.58. The molecule has 0 saturated carbocycles. The third-order valence-electron chi connectivity index (χ3n) is 1.58. The van der Waals surface area contributed by atoms with Gasteiger partial charge < -0.3 is 5.11 Å². The van der Waals surface area contributed by atoms with E-state index in [4.69, 9.17) is 10.5 Å². The molecule has 1 rings (SSSR count). The van der Waals surface area contributed by atoms with Gasteiger partial charge in [0.05, 0.1) is 5.56 Å². The highest BCUT2D eigenvalue weighted by atomic mass is 19.4. The minimum Gasteiger partial charge on any atom is -0.465 e. The molecule has 1 amide bonds. The van der Waals surface area contributed by atoms with Crippen LogP contribution in [0.3, 0.4) is 0 Å². The van der Waals surface area contributed by atoms with E-state index in [1.807, 2.05) is 0 Å². The molecule has 1 aromatic heterocycles. The maximum Gasteiger partial charge on any atom is 0.417 e. The molecular formula is C8H6F3N3O2. The molecule has 0 bridgehead atoms. The molecule has 0 aliphatic carbocycles. The van der Waals surface area contributed by atoms with Crippen LogP contribution < -0.4 is 5.32 Å². The monoisotopic (exact) mass is 233 g/mol. The summed E-state index contributed by atoms with van der Waals surface area (Å²) in [7, 11) is 0. The average molecular weight is 233 g/mol. The van der Waals surface area contributed by atoms with Gasteiger partial charge in [0.2, 0.25) is 0 Å². The van der Waals surface area contributed by atoms with Gasteiger partial charge in [-0.1, -0.05) is 0 Å². The molecule has 0 spiro atoms. The number of nitrogens with one attached hydrogen (secondary N) is 2. The van der Waals surface area contributed by atoms with E-state index in [-0.39, 0.29) is 5.69 Å². The average Bonchev–Trinajstić information content (AvgIpc) is 2.15. The second-order valence-corrected chi connectivity index (χ2v) is 2.74. The number of carbonyl (C=O) groups is 1. The van der Waals surface area contributed by atoms with Gasteiger partial charge in [-0.2, -0.15) is 13.2 Å². The number of rotatable bonds is 1. The molecule has 0 aliphatic heterocycles. The number of pyridine rings is 1. The van der Waals surface area contributed by atoms with Gasteiger partial charge in [-0.15, -0.1) is 0 Å². The van der Waals surface area contributed by atoms with E-state index in [0.29, 0.717) is 6.20 Å². The predicted octanol–water partition coefficient (Wildman–Crippen LogP) is 1.69. The zero-order valence-corrected chi connectivity index (χ0v) is 7.67. The Labute approximate surface area is 87.4 Å². The summed E-state index contributed by atoms with van der Waals surface area (Å²) in [6, 6.07) is 1.64. The fourth-order valence-corrected chi connectivity index (χ4v) is 0.880. The molecule has 1 aromatic rings. The van der Waals surface area contributed by atoms with Gasteiger partial charge in [0.1, 0.15) is 5.69 Å². The van der Waals surface area contributed by atoms with Crippen LogP contribution in [0.25, 0.3) is 0 Å². The largest absolute Gasteiger partial charge is 0.465 e. The van der Waals surface area contributed by atoms with Crippen LogP contribution in [0.15, 0.2) is 18.3 Å². The molecule has 8 heteroatoms. The fraction of sp³-hybridized carbons (Fsp3) is 0.125. The van der Waals surface area contributed by atoms with Gasteiger partial charge in [-0.25, -0.2) is 4.79 Å². The van der Waals surface area contributed by atoms with E-state index < -0.39 is 23.7 Å². The lowest BCUT2D eigenvalue weighted by Gasteiger charge is -2.07. The molecule has 16 heavy (non-hydrogen) atoms. The Morgan fingerprint density at radius 1 is 1.44 bits per heavy atom. The molecule has 0 unspecified atom stereocenters. The molecule has 0 atom stereocenters. The summed E-state index contributed by atoms with van der Waals surface area (Å²) in [5.74, 6) is -0.582. The van der Waals surface area contributed by atoms with E-state index in [9.17, 15) is 18.0 Å². The van der Waals surface area contributed by atoms with Crippen LogP contribution in [0.2, 0.25) is 0 Å². The molecule has 5 nitrogen and oxygen atoms in total. The van der Waals surface area contributed by atoms with Crippen LogP contribution in [0.5, 0.6) is 0 Å². The second-order valence-electron chi connectivity index (χ2n) is 2.74. The van der Waals surface area contributed by atoms with Gasteiger partial charge in [-0.3, -0.25) is 15.7 Å². The number of aromatic nitrogens is 1. The number of hydrogen-bond donors (Lipinski definition) is 3. The van der Waals surface area contributed by atoms with E-state index >= 15 is 0 Å². The van der Waals surface area contributed by atoms with Crippen molar-refractivity contribution < 1.29 is 23.1 Å². The molecule has 86 valence electrons. The van der Waals surface area contributed by atoms with Crippen molar-refractivity contribution in [2.75, 3.05) is 0 Å². The van der Waals surface area contributed by atoms with E-state index in [0.717, 1.165) is 12.1 Å². The van der Waals surface area contributed by atoms with Crippen molar-refractivity contribution in [1.29, 1.82) is 5.41 Å². The molecule has 1 heterocycles. The standard InChI is InChI=1S/C8H6F3N3O2/c9-8(10,11)4-1-2-5(13-3-4)6(12)14-7(15)16/h1-3H,(H2,12,14)(H,15,16). The van der Waals surface area contributed by atoms with Crippen molar-refractivity contribution in [2.45, 2.75) is 6.18 Å². The van der Waals surface area contributed by atoms with Crippen LogP contribution in [0.4, 0.5) is 18.0 Å². The Balaban J connectivity index is 2.87. The van der Waals surface area contributed by atoms with Crippen molar-refractivity contribution in [2.24, 2.45) is 0 Å². The van der Waals surface area contributed by atoms with Gasteiger partial charge in [-0.05, 0) is 12.1 Å². The van der Waals surface area contributed by atoms with Crippen LogP contribution >= 0.6 is 0 Å². The quantitative estimate of drug-likeness (QED) is 0.509. The van der Waals surface area contributed by atoms with Crippen LogP contribution in [0, 0.1) is 5.41 Å². The van der Waals surface area contributed by atoms with Crippen LogP contribution in [0.1, 0.15) is 11.3 Å². The summed E-state index contributed by atoms with van der Waals surface area (Å²) < 4.78 is 36.4. The Kier molecular flexibility index (Phi) is 3.11. The zero-order chi connectivity index (χ0) is 12.3. The Morgan fingerprint density at radius 2 is 2.06 bits per heavy atom. The number of nitrogens with zero attached hydrogens (tertiary/aromatic N) is 1. The third kappa shape index (κ3) is 2.94. The SMILES string of the molecule is N=C(NC(=O)O)c1ccc(C(F)(F)F)cn1. The Hall–Kier alpha value is -2.12. The van der Waals surface area contributed by atoms with Crippen LogP contribution in [-0.2, 0) is 6.18 Å². The minimum atomic E-state index is -4.51. The molecular weight excluding hydrogens is 227 g/mol. The highest BCUT2D eigenvalue weighted by Crippen LogP contribution is 2.28. The summed E-state index contributed by atoms with van der Waals surface area (Å²) in [4.78, 5) is 13.5. The minimum absolute atomic E-state index is 0.185. The van der Waals surface area contributed by atoms with Gasteiger partial charge in [0.15, 0.2) is 5.84 Å². The van der Waals surface area contributed by atoms with Gasteiger partial charge in [0, 0.05) is 6.20 Å². The molecule has 3 N–H and O–H groups in total. The first-order chi connectivity index (χ1) is 7.30. The lowest BCUT2D eigenvalue weighted by Crippen LogP contribution is -2.29. The Bertz CT molecular complexity index is 414. The number of halogens is 3. The maximum atomic E-state index is 12.1. The number of amides is 1. The molecule has 0 fully saturated rings. The highest BCUT2D eigenvalue weighted by molar-refractivity contribution is 6.02. The lowest BCUT2D eigenvalue weighted by atomic mass is 10.2. The first-order valence-electron chi connectivity index (χ1n) is 3.93. The normalized spacial score (nSPS) is 10.9. The first-order valence-corrected chi connectivity index (χ1v) is 3.93. The molecule has 0 saturated heterocycles. The maximum absolute atomic E-state index is 12.1. The van der Waals surface area contributed by atoms with Crippen molar-refractivity contribution in [1.82, 2.24) is 10.3 Å². The van der Waals surface area contributed by atoms with Gasteiger partial charge in [0.25, 0.3) is 0 Å². The van der Waals surface area contributed by atoms with Crippen molar-refractivity contribution >= 4 is 11.9 Å². The van der Waals surface area contributed by atoms with Crippen molar-refractivity contribution in [3.05, 3.63) is 29.6 Å². The summed E-state index contributed by atoms with van der Waals surface area (Å²) in [6.07, 6.45) is -5.45. The number of alkyl halides is 3. The molecule has 0 aliphatic rings. The summed E-state index contributed by atoms with van der Waals surface area (Å²) in [5.41, 5.74) is -1.14. The number of carboxylic acid groups (broad SMARTS) is 1. The number of hydrogen-bond acceptors (Lipinski definition) is 3. The predicted molar refractivity (Wildman–Crippen MR) is 47.2 cm³/mol. The molecule has 0 radical (unpaired) electrons. The summed E-state index contributed by atoms with van der Waals surface area (Å²) in [5, 5.41) is 17.1. The zero-order valence-electron chi connectivity index (χ0n) is 7.67. The number of amidine groups is 1. The molecule has 0 aromatic carbocycles. The fourth-order valence-electron chi connectivity index (χ4n) is 0.880. The van der Waals surface area contributed by atoms with E-state index in [1.165, 1.54) is 0 Å².